The molecule has 2 rings (SSSR count). The van der Waals surface area contributed by atoms with E-state index in [1.807, 2.05) is 24.3 Å². The summed E-state index contributed by atoms with van der Waals surface area (Å²) in [6, 6.07) is 7.92. The number of carbonyl (C=O) groups is 1. The molecular formula is C12H11NO. The zero-order chi connectivity index (χ0) is 9.97. The van der Waals surface area contributed by atoms with Gasteiger partial charge in [0, 0.05) is 12.1 Å². The molecule has 70 valence electrons. The molecule has 0 bridgehead atoms. The number of hydrogen-bond donors (Lipinski definition) is 0. The van der Waals surface area contributed by atoms with Gasteiger partial charge in [0.2, 0.25) is 5.91 Å². The van der Waals surface area contributed by atoms with Gasteiger partial charge >= 0.3 is 0 Å². The maximum atomic E-state index is 11.6. The van der Waals surface area contributed by atoms with E-state index in [1.54, 1.807) is 4.90 Å². The van der Waals surface area contributed by atoms with E-state index < -0.39 is 0 Å². The minimum absolute atomic E-state index is 0.127. The molecule has 0 fully saturated rings. The van der Waals surface area contributed by atoms with Gasteiger partial charge in [-0.2, -0.15) is 0 Å². The van der Waals surface area contributed by atoms with E-state index in [2.05, 4.69) is 5.92 Å². The molecule has 0 radical (unpaired) electrons. The number of rotatable bonds is 1. The van der Waals surface area contributed by atoms with E-state index in [9.17, 15) is 4.79 Å². The molecule has 2 heteroatoms. The first-order valence-corrected chi connectivity index (χ1v) is 4.64. The van der Waals surface area contributed by atoms with Crippen LogP contribution in [0, 0.1) is 12.3 Å². The van der Waals surface area contributed by atoms with Crippen LogP contribution in [0.5, 0.6) is 0 Å². The SMILES string of the molecule is C#CCN1C(=O)CCc2ccccc21. The number of nitrogens with zero attached hydrogens (tertiary/aromatic N) is 1. The number of hydrogen-bond acceptors (Lipinski definition) is 1. The highest BCUT2D eigenvalue weighted by Crippen LogP contribution is 2.26. The Morgan fingerprint density at radius 1 is 1.36 bits per heavy atom. The summed E-state index contributed by atoms with van der Waals surface area (Å²) in [4.78, 5) is 13.3. The topological polar surface area (TPSA) is 20.3 Å². The van der Waals surface area contributed by atoms with Crippen molar-refractivity contribution in [3.05, 3.63) is 29.8 Å². The lowest BCUT2D eigenvalue weighted by Crippen LogP contribution is -2.35. The van der Waals surface area contributed by atoms with Crippen molar-refractivity contribution in [2.24, 2.45) is 0 Å². The van der Waals surface area contributed by atoms with Crippen LogP contribution in [-0.4, -0.2) is 12.5 Å². The summed E-state index contributed by atoms with van der Waals surface area (Å²) in [7, 11) is 0. The van der Waals surface area contributed by atoms with Crippen LogP contribution in [-0.2, 0) is 11.2 Å². The zero-order valence-corrected chi connectivity index (χ0v) is 7.86. The van der Waals surface area contributed by atoms with E-state index in [0.717, 1.165) is 12.1 Å². The van der Waals surface area contributed by atoms with E-state index in [1.165, 1.54) is 5.56 Å². The molecule has 2 nitrogen and oxygen atoms in total. The second-order valence-corrected chi connectivity index (χ2v) is 3.31. The van der Waals surface area contributed by atoms with E-state index in [4.69, 9.17) is 6.42 Å². The average Bonchev–Trinajstić information content (AvgIpc) is 2.23. The van der Waals surface area contributed by atoms with Gasteiger partial charge in [-0.1, -0.05) is 24.1 Å². The van der Waals surface area contributed by atoms with Crippen LogP contribution >= 0.6 is 0 Å². The number of aryl methyl sites for hydroxylation is 1. The summed E-state index contributed by atoms with van der Waals surface area (Å²) in [6.07, 6.45) is 6.63. The molecule has 0 atom stereocenters. The highest BCUT2D eigenvalue weighted by Gasteiger charge is 2.22. The lowest BCUT2D eigenvalue weighted by molar-refractivity contribution is -0.118. The summed E-state index contributed by atoms with van der Waals surface area (Å²) in [5, 5.41) is 0. The number of terminal acetylenes is 1. The molecule has 1 aromatic rings. The number of benzene rings is 1. The Morgan fingerprint density at radius 3 is 2.93 bits per heavy atom. The predicted molar refractivity (Wildman–Crippen MR) is 55.9 cm³/mol. The molecule has 1 amide bonds. The second kappa shape index (κ2) is 3.55. The van der Waals surface area contributed by atoms with Crippen molar-refractivity contribution in [3.63, 3.8) is 0 Å². The molecular weight excluding hydrogens is 174 g/mol. The van der Waals surface area contributed by atoms with Crippen LogP contribution in [0.25, 0.3) is 0 Å². The van der Waals surface area contributed by atoms with Gasteiger partial charge in [0.15, 0.2) is 0 Å². The molecule has 1 aromatic carbocycles. The number of fused-ring (bicyclic) bond motifs is 1. The predicted octanol–water partition coefficient (Wildman–Crippen LogP) is 1.60. The van der Waals surface area contributed by atoms with Crippen molar-refractivity contribution >= 4 is 11.6 Å². The Hall–Kier alpha value is -1.75. The molecule has 0 unspecified atom stereocenters. The minimum atomic E-state index is 0.127. The van der Waals surface area contributed by atoms with Gasteiger partial charge < -0.3 is 4.90 Å². The van der Waals surface area contributed by atoms with Crippen LogP contribution in [0.4, 0.5) is 5.69 Å². The van der Waals surface area contributed by atoms with Gasteiger partial charge in [0.05, 0.1) is 6.54 Å². The first-order valence-electron chi connectivity index (χ1n) is 4.64. The molecule has 1 heterocycles. The highest BCUT2D eigenvalue weighted by molar-refractivity contribution is 5.96. The summed E-state index contributed by atoms with van der Waals surface area (Å²) in [6.45, 7) is 0.371. The Balaban J connectivity index is 2.42. The fraction of sp³-hybridized carbons (Fsp3) is 0.250. The third-order valence-electron chi connectivity index (χ3n) is 2.44. The van der Waals surface area contributed by atoms with Crippen molar-refractivity contribution in [3.8, 4) is 12.3 Å². The molecule has 0 spiro atoms. The Bertz CT molecular complexity index is 403. The fourth-order valence-corrected chi connectivity index (χ4v) is 1.76. The Kier molecular flexibility index (Phi) is 2.24. The Morgan fingerprint density at radius 2 is 2.14 bits per heavy atom. The fourth-order valence-electron chi connectivity index (χ4n) is 1.76. The van der Waals surface area contributed by atoms with Gasteiger partial charge in [-0.3, -0.25) is 4.79 Å². The van der Waals surface area contributed by atoms with Crippen LogP contribution in [0.15, 0.2) is 24.3 Å². The van der Waals surface area contributed by atoms with Crippen molar-refractivity contribution in [2.45, 2.75) is 12.8 Å². The molecule has 0 aromatic heterocycles. The molecule has 0 aliphatic carbocycles. The summed E-state index contributed by atoms with van der Waals surface area (Å²) in [5.74, 6) is 2.64. The van der Waals surface area contributed by atoms with E-state index in [0.29, 0.717) is 13.0 Å². The summed E-state index contributed by atoms with van der Waals surface area (Å²) in [5.41, 5.74) is 2.18. The van der Waals surface area contributed by atoms with Gasteiger partial charge in [-0.15, -0.1) is 6.42 Å². The largest absolute Gasteiger partial charge is 0.301 e. The first-order chi connectivity index (χ1) is 6.83. The molecule has 1 aliphatic heterocycles. The lowest BCUT2D eigenvalue weighted by atomic mass is 10.0. The Labute approximate surface area is 83.5 Å². The normalized spacial score (nSPS) is 14.8. The second-order valence-electron chi connectivity index (χ2n) is 3.31. The first kappa shape index (κ1) is 8.83. The summed E-state index contributed by atoms with van der Waals surface area (Å²) >= 11 is 0. The van der Waals surface area contributed by atoms with Gasteiger partial charge in [-0.05, 0) is 18.1 Å². The van der Waals surface area contributed by atoms with Crippen molar-refractivity contribution in [1.82, 2.24) is 0 Å². The number of carbonyl (C=O) groups excluding carboxylic acids is 1. The van der Waals surface area contributed by atoms with Crippen molar-refractivity contribution < 1.29 is 4.79 Å². The standard InChI is InChI=1S/C12H11NO/c1-2-9-13-11-6-4-3-5-10(11)7-8-12(13)14/h1,3-6H,7-9H2. The quantitative estimate of drug-likeness (QED) is 0.608. The molecule has 1 aliphatic rings. The lowest BCUT2D eigenvalue weighted by Gasteiger charge is -2.27. The van der Waals surface area contributed by atoms with Crippen LogP contribution < -0.4 is 4.90 Å². The number of anilines is 1. The van der Waals surface area contributed by atoms with Crippen LogP contribution in [0.3, 0.4) is 0 Å². The molecule has 0 saturated carbocycles. The third-order valence-corrected chi connectivity index (χ3v) is 2.44. The zero-order valence-electron chi connectivity index (χ0n) is 7.86. The van der Waals surface area contributed by atoms with Gasteiger partial charge in [-0.25, -0.2) is 0 Å². The third kappa shape index (κ3) is 1.38. The van der Waals surface area contributed by atoms with Crippen LogP contribution in [0.2, 0.25) is 0 Å². The van der Waals surface area contributed by atoms with Crippen molar-refractivity contribution in [1.29, 1.82) is 0 Å². The number of para-hydroxylation sites is 1. The summed E-state index contributed by atoms with van der Waals surface area (Å²) < 4.78 is 0. The minimum Gasteiger partial charge on any atom is -0.301 e. The molecule has 0 saturated heterocycles. The van der Waals surface area contributed by atoms with Crippen molar-refractivity contribution in [2.75, 3.05) is 11.4 Å². The molecule has 0 N–H and O–H groups in total. The smallest absolute Gasteiger partial charge is 0.228 e. The van der Waals surface area contributed by atoms with Crippen LogP contribution in [0.1, 0.15) is 12.0 Å². The van der Waals surface area contributed by atoms with Gasteiger partial charge in [0.25, 0.3) is 0 Å². The van der Waals surface area contributed by atoms with E-state index >= 15 is 0 Å². The van der Waals surface area contributed by atoms with E-state index in [-0.39, 0.29) is 5.91 Å². The number of amides is 1. The van der Waals surface area contributed by atoms with Gasteiger partial charge in [0.1, 0.15) is 0 Å². The maximum absolute atomic E-state index is 11.6. The highest BCUT2D eigenvalue weighted by atomic mass is 16.2. The average molecular weight is 185 g/mol. The maximum Gasteiger partial charge on any atom is 0.228 e. The monoisotopic (exact) mass is 185 g/mol. The molecule has 14 heavy (non-hydrogen) atoms.